The molecule has 2 heteroatoms. The lowest BCUT2D eigenvalue weighted by molar-refractivity contribution is 0.330. The third kappa shape index (κ3) is 1.61. The molecule has 0 radical (unpaired) electrons. The summed E-state index contributed by atoms with van der Waals surface area (Å²) in [5.41, 5.74) is 4.43. The monoisotopic (exact) mass is 216 g/mol. The molecular weight excluding hydrogens is 196 g/mol. The van der Waals surface area contributed by atoms with Crippen LogP contribution in [0.3, 0.4) is 0 Å². The standard InChI is InChI=1S/C14H20N2/c1-10-3-2-4-13-14(10)12(9-16-13)11-5-7-15-8-6-11/h2-4,11-12,15-16H,5-9H2,1H3. The maximum absolute atomic E-state index is 3.57. The number of benzene rings is 1. The topological polar surface area (TPSA) is 24.1 Å². The second-order valence-corrected chi connectivity index (χ2v) is 5.11. The minimum atomic E-state index is 0.748. The van der Waals surface area contributed by atoms with Gasteiger partial charge in [0.1, 0.15) is 0 Å². The number of fused-ring (bicyclic) bond motifs is 1. The van der Waals surface area contributed by atoms with Crippen molar-refractivity contribution >= 4 is 5.69 Å². The molecule has 1 aromatic carbocycles. The molecule has 0 bridgehead atoms. The Morgan fingerprint density at radius 1 is 1.19 bits per heavy atom. The Kier molecular flexibility index (Phi) is 2.60. The summed E-state index contributed by atoms with van der Waals surface area (Å²) in [6.45, 7) is 5.79. The van der Waals surface area contributed by atoms with Gasteiger partial charge in [0.05, 0.1) is 0 Å². The van der Waals surface area contributed by atoms with Gasteiger partial charge in [-0.3, -0.25) is 0 Å². The molecule has 3 rings (SSSR count). The average Bonchev–Trinajstić information content (AvgIpc) is 2.75. The lowest BCUT2D eigenvalue weighted by atomic mass is 9.80. The van der Waals surface area contributed by atoms with Crippen LogP contribution in [0.1, 0.15) is 29.9 Å². The first-order valence-corrected chi connectivity index (χ1v) is 6.40. The summed E-state index contributed by atoms with van der Waals surface area (Å²) >= 11 is 0. The van der Waals surface area contributed by atoms with E-state index in [2.05, 4.69) is 35.8 Å². The van der Waals surface area contributed by atoms with Crippen molar-refractivity contribution < 1.29 is 0 Å². The van der Waals surface area contributed by atoms with Crippen LogP contribution in [-0.4, -0.2) is 19.6 Å². The van der Waals surface area contributed by atoms with Crippen molar-refractivity contribution in [1.29, 1.82) is 0 Å². The summed E-state index contributed by atoms with van der Waals surface area (Å²) in [6.07, 6.45) is 2.67. The minimum Gasteiger partial charge on any atom is -0.384 e. The van der Waals surface area contributed by atoms with Crippen molar-refractivity contribution in [3.63, 3.8) is 0 Å². The molecule has 1 atom stereocenters. The molecule has 2 aliphatic rings. The summed E-state index contributed by atoms with van der Waals surface area (Å²) in [5, 5.41) is 7.02. The molecule has 0 amide bonds. The summed E-state index contributed by atoms with van der Waals surface area (Å²) in [5.74, 6) is 1.62. The van der Waals surface area contributed by atoms with E-state index >= 15 is 0 Å². The summed E-state index contributed by atoms with van der Waals surface area (Å²) in [6, 6.07) is 6.63. The molecule has 2 nitrogen and oxygen atoms in total. The van der Waals surface area contributed by atoms with Gasteiger partial charge in [0.25, 0.3) is 0 Å². The second kappa shape index (κ2) is 4.10. The lowest BCUT2D eigenvalue weighted by Gasteiger charge is -2.28. The van der Waals surface area contributed by atoms with Crippen molar-refractivity contribution in [3.8, 4) is 0 Å². The Bertz CT molecular complexity index is 380. The highest BCUT2D eigenvalue weighted by atomic mass is 14.9. The van der Waals surface area contributed by atoms with Gasteiger partial charge >= 0.3 is 0 Å². The van der Waals surface area contributed by atoms with E-state index in [4.69, 9.17) is 0 Å². The van der Waals surface area contributed by atoms with Crippen LogP contribution in [0.2, 0.25) is 0 Å². The molecule has 16 heavy (non-hydrogen) atoms. The highest BCUT2D eigenvalue weighted by molar-refractivity contribution is 5.60. The van der Waals surface area contributed by atoms with Gasteiger partial charge in [-0.2, -0.15) is 0 Å². The molecule has 1 aromatic rings. The van der Waals surface area contributed by atoms with Crippen LogP contribution >= 0.6 is 0 Å². The van der Waals surface area contributed by atoms with Crippen molar-refractivity contribution in [3.05, 3.63) is 29.3 Å². The Morgan fingerprint density at radius 2 is 2.00 bits per heavy atom. The highest BCUT2D eigenvalue weighted by Crippen LogP contribution is 2.41. The molecule has 0 spiro atoms. The van der Waals surface area contributed by atoms with E-state index in [9.17, 15) is 0 Å². The predicted octanol–water partition coefficient (Wildman–Crippen LogP) is 2.50. The Labute approximate surface area is 97.4 Å². The molecule has 1 saturated heterocycles. The van der Waals surface area contributed by atoms with E-state index in [1.54, 1.807) is 5.56 Å². The third-order valence-corrected chi connectivity index (χ3v) is 4.16. The van der Waals surface area contributed by atoms with E-state index < -0.39 is 0 Å². The van der Waals surface area contributed by atoms with E-state index in [0.29, 0.717) is 0 Å². The Morgan fingerprint density at radius 3 is 2.81 bits per heavy atom. The maximum Gasteiger partial charge on any atom is 0.0379 e. The van der Waals surface area contributed by atoms with Crippen LogP contribution in [0.15, 0.2) is 18.2 Å². The first kappa shape index (κ1) is 10.2. The minimum absolute atomic E-state index is 0.748. The highest BCUT2D eigenvalue weighted by Gasteiger charge is 2.31. The number of hydrogen-bond acceptors (Lipinski definition) is 2. The molecule has 1 unspecified atom stereocenters. The van der Waals surface area contributed by atoms with Crippen LogP contribution in [-0.2, 0) is 0 Å². The van der Waals surface area contributed by atoms with Crippen molar-refractivity contribution in [2.24, 2.45) is 5.92 Å². The van der Waals surface area contributed by atoms with Gasteiger partial charge in [0, 0.05) is 18.2 Å². The van der Waals surface area contributed by atoms with Crippen LogP contribution in [0.5, 0.6) is 0 Å². The zero-order valence-electron chi connectivity index (χ0n) is 9.92. The molecule has 2 heterocycles. The zero-order valence-corrected chi connectivity index (χ0v) is 9.92. The first-order chi connectivity index (χ1) is 7.86. The summed E-state index contributed by atoms with van der Waals surface area (Å²) < 4.78 is 0. The van der Waals surface area contributed by atoms with E-state index in [1.165, 1.54) is 37.2 Å². The molecular formula is C14H20N2. The van der Waals surface area contributed by atoms with Crippen molar-refractivity contribution in [2.45, 2.75) is 25.7 Å². The van der Waals surface area contributed by atoms with E-state index in [0.717, 1.165) is 18.4 Å². The predicted molar refractivity (Wildman–Crippen MR) is 68.0 cm³/mol. The van der Waals surface area contributed by atoms with Crippen LogP contribution in [0.4, 0.5) is 5.69 Å². The van der Waals surface area contributed by atoms with Crippen molar-refractivity contribution in [1.82, 2.24) is 5.32 Å². The molecule has 2 aliphatic heterocycles. The van der Waals surface area contributed by atoms with Crippen LogP contribution < -0.4 is 10.6 Å². The second-order valence-electron chi connectivity index (χ2n) is 5.11. The summed E-state index contributed by atoms with van der Waals surface area (Å²) in [7, 11) is 0. The zero-order chi connectivity index (χ0) is 11.0. The number of piperidine rings is 1. The van der Waals surface area contributed by atoms with Gasteiger partial charge in [-0.15, -0.1) is 0 Å². The van der Waals surface area contributed by atoms with Gasteiger partial charge in [-0.1, -0.05) is 12.1 Å². The number of rotatable bonds is 1. The van der Waals surface area contributed by atoms with E-state index in [-0.39, 0.29) is 0 Å². The number of hydrogen-bond donors (Lipinski definition) is 2. The van der Waals surface area contributed by atoms with Gasteiger partial charge in [-0.05, 0) is 56.0 Å². The number of nitrogens with one attached hydrogen (secondary N) is 2. The summed E-state index contributed by atoms with van der Waals surface area (Å²) in [4.78, 5) is 0. The molecule has 0 saturated carbocycles. The third-order valence-electron chi connectivity index (χ3n) is 4.16. The quantitative estimate of drug-likeness (QED) is 0.753. The molecule has 86 valence electrons. The molecule has 1 fully saturated rings. The fraction of sp³-hybridized carbons (Fsp3) is 0.571. The van der Waals surface area contributed by atoms with Gasteiger partial charge in [-0.25, -0.2) is 0 Å². The number of aryl methyl sites for hydroxylation is 1. The van der Waals surface area contributed by atoms with Gasteiger partial charge in [0.2, 0.25) is 0 Å². The van der Waals surface area contributed by atoms with Crippen molar-refractivity contribution in [2.75, 3.05) is 25.0 Å². The fourth-order valence-electron chi connectivity index (χ4n) is 3.30. The number of anilines is 1. The molecule has 2 N–H and O–H groups in total. The fourth-order valence-corrected chi connectivity index (χ4v) is 3.30. The molecule has 0 aliphatic carbocycles. The normalized spacial score (nSPS) is 25.2. The van der Waals surface area contributed by atoms with Gasteiger partial charge in [0.15, 0.2) is 0 Å². The first-order valence-electron chi connectivity index (χ1n) is 6.40. The van der Waals surface area contributed by atoms with Crippen LogP contribution in [0, 0.1) is 12.8 Å². The van der Waals surface area contributed by atoms with E-state index in [1.807, 2.05) is 0 Å². The lowest BCUT2D eigenvalue weighted by Crippen LogP contribution is -2.31. The smallest absolute Gasteiger partial charge is 0.0379 e. The largest absolute Gasteiger partial charge is 0.384 e. The van der Waals surface area contributed by atoms with Crippen LogP contribution in [0.25, 0.3) is 0 Å². The average molecular weight is 216 g/mol. The molecule has 0 aromatic heterocycles. The SMILES string of the molecule is Cc1cccc2c1C(C1CCNCC1)CN2. The van der Waals surface area contributed by atoms with Gasteiger partial charge < -0.3 is 10.6 Å². The Balaban J connectivity index is 1.89. The Hall–Kier alpha value is -1.02. The maximum atomic E-state index is 3.57.